The van der Waals surface area contributed by atoms with Crippen molar-refractivity contribution in [3.8, 4) is 11.5 Å². The first-order valence-electron chi connectivity index (χ1n) is 13.4. The molecule has 214 valence electrons. The van der Waals surface area contributed by atoms with Crippen LogP contribution in [0.3, 0.4) is 0 Å². The van der Waals surface area contributed by atoms with Crippen molar-refractivity contribution in [3.63, 3.8) is 0 Å². The second-order valence-electron chi connectivity index (χ2n) is 9.73. The van der Waals surface area contributed by atoms with E-state index in [-0.39, 0.29) is 33.2 Å². The molecule has 0 aliphatic carbocycles. The quantitative estimate of drug-likeness (QED) is 0.124. The first-order chi connectivity index (χ1) is 18.0. The topological polar surface area (TPSA) is 121 Å². The minimum atomic E-state index is -0.844. The average Bonchev–Trinajstić information content (AvgIpc) is 3.19. The van der Waals surface area contributed by atoms with Gasteiger partial charge in [0.05, 0.1) is 16.2 Å². The van der Waals surface area contributed by atoms with Gasteiger partial charge >= 0.3 is 11.9 Å². The molecule has 0 aromatic heterocycles. The number of thioether (sulfide) groups is 3. The second kappa shape index (κ2) is 15.3. The molecular weight excluding hydrogens is 545 g/mol. The lowest BCUT2D eigenvalue weighted by atomic mass is 10.0. The third-order valence-corrected chi connectivity index (χ3v) is 12.9. The molecule has 0 radical (unpaired) electrons. The van der Waals surface area contributed by atoms with Gasteiger partial charge in [-0.2, -0.15) is 11.8 Å². The van der Waals surface area contributed by atoms with Crippen LogP contribution in [-0.2, 0) is 16.0 Å². The number of hydrogen-bond acceptors (Lipinski definition) is 8. The highest BCUT2D eigenvalue weighted by Gasteiger charge is 2.54. The Morgan fingerprint density at radius 3 is 2.26 bits per heavy atom. The molecule has 10 heteroatoms. The summed E-state index contributed by atoms with van der Waals surface area (Å²) in [6.45, 7) is 8.30. The third kappa shape index (κ3) is 8.74. The predicted molar refractivity (Wildman–Crippen MR) is 158 cm³/mol. The molecule has 0 amide bonds. The van der Waals surface area contributed by atoms with Gasteiger partial charge in [-0.3, -0.25) is 14.4 Å². The Hall–Kier alpha value is -1.52. The van der Waals surface area contributed by atoms with Crippen LogP contribution in [0.2, 0.25) is 0 Å². The Balaban J connectivity index is 1.99. The van der Waals surface area contributed by atoms with E-state index >= 15 is 0 Å². The molecular formula is C28H42O7S3. The number of ketones is 1. The molecule has 38 heavy (non-hydrogen) atoms. The molecule has 2 rings (SSSR count). The van der Waals surface area contributed by atoms with Crippen LogP contribution in [0.25, 0.3) is 0 Å². The number of phenols is 1. The lowest BCUT2D eigenvalue weighted by Crippen LogP contribution is -2.35. The van der Waals surface area contributed by atoms with Crippen molar-refractivity contribution in [2.45, 2.75) is 99.6 Å². The minimum absolute atomic E-state index is 0.0201. The summed E-state index contributed by atoms with van der Waals surface area (Å²) in [7, 11) is 0. The van der Waals surface area contributed by atoms with Crippen molar-refractivity contribution in [1.29, 1.82) is 0 Å². The molecule has 1 aliphatic rings. The number of carbonyl (C=O) groups is 3. The minimum Gasteiger partial charge on any atom is -0.507 e. The number of benzene rings is 1. The number of carboxylic acids is 2. The number of aliphatic carboxylic acids is 2. The van der Waals surface area contributed by atoms with E-state index in [9.17, 15) is 29.7 Å². The molecule has 2 atom stereocenters. The highest BCUT2D eigenvalue weighted by molar-refractivity contribution is 8.22. The second-order valence-corrected chi connectivity index (χ2v) is 14.5. The van der Waals surface area contributed by atoms with E-state index in [1.165, 1.54) is 6.92 Å². The fraction of sp³-hybridized carbons (Fsp3) is 0.679. The number of carboxylic acid groups (broad SMARTS) is 2. The predicted octanol–water partition coefficient (Wildman–Crippen LogP) is 6.88. The molecule has 1 aromatic rings. The van der Waals surface area contributed by atoms with E-state index in [1.807, 2.05) is 30.4 Å². The Bertz CT molecular complexity index is 950. The van der Waals surface area contributed by atoms with Crippen molar-refractivity contribution in [3.05, 3.63) is 23.3 Å². The Morgan fingerprint density at radius 2 is 1.74 bits per heavy atom. The van der Waals surface area contributed by atoms with E-state index in [0.29, 0.717) is 48.0 Å². The maximum Gasteiger partial charge on any atom is 0.303 e. The van der Waals surface area contributed by atoms with Crippen LogP contribution in [0.4, 0.5) is 0 Å². The number of carbonyl (C=O) groups excluding carboxylic acids is 1. The summed E-state index contributed by atoms with van der Waals surface area (Å²) in [4.78, 5) is 34.5. The normalized spacial score (nSPS) is 20.4. The first kappa shape index (κ1) is 32.7. The van der Waals surface area contributed by atoms with Crippen LogP contribution in [0.15, 0.2) is 12.1 Å². The molecule has 0 bridgehead atoms. The van der Waals surface area contributed by atoms with Crippen LogP contribution in [0.1, 0.15) is 95.0 Å². The summed E-state index contributed by atoms with van der Waals surface area (Å²) in [5, 5.41) is 29.5. The Labute approximate surface area is 239 Å². The fourth-order valence-corrected chi connectivity index (χ4v) is 11.2. The lowest BCUT2D eigenvalue weighted by molar-refractivity contribution is -0.137. The molecule has 0 saturated carbocycles. The standard InChI is InChI=1S/C28H42O7S3/c1-5-9-21-22(11-10-20(19(4)29)26(21)34)35-16-8-17-36-18-27(7-3)23(6-2)37-28(38-27,14-12-24(30)31)15-13-25(32)33/h10-11,23,34H,5-9,12-18H2,1-4H3,(H,30,31)(H,32,33). The number of phenolic OH excluding ortho intramolecular Hbond substituents is 1. The average molecular weight is 587 g/mol. The smallest absolute Gasteiger partial charge is 0.303 e. The summed E-state index contributed by atoms with van der Waals surface area (Å²) in [5.41, 5.74) is 1.00. The van der Waals surface area contributed by atoms with Crippen molar-refractivity contribution in [2.24, 2.45) is 0 Å². The zero-order valence-corrected chi connectivity index (χ0v) is 25.4. The Morgan fingerprint density at radius 1 is 1.08 bits per heavy atom. The van der Waals surface area contributed by atoms with Crippen LogP contribution in [0, 0.1) is 0 Å². The van der Waals surface area contributed by atoms with Gasteiger partial charge in [0.25, 0.3) is 0 Å². The van der Waals surface area contributed by atoms with Gasteiger partial charge in [0.2, 0.25) is 0 Å². The van der Waals surface area contributed by atoms with Crippen molar-refractivity contribution in [1.82, 2.24) is 0 Å². The molecule has 1 fully saturated rings. The van der Waals surface area contributed by atoms with Gasteiger partial charge in [-0.1, -0.05) is 27.2 Å². The van der Waals surface area contributed by atoms with E-state index in [1.54, 1.807) is 23.9 Å². The maximum atomic E-state index is 11.8. The molecule has 7 nitrogen and oxygen atoms in total. The summed E-state index contributed by atoms with van der Waals surface area (Å²) in [6.07, 6.45) is 5.21. The van der Waals surface area contributed by atoms with Gasteiger partial charge in [0, 0.05) is 34.2 Å². The molecule has 1 saturated heterocycles. The van der Waals surface area contributed by atoms with Gasteiger partial charge in [-0.25, -0.2) is 0 Å². The van der Waals surface area contributed by atoms with Crippen LogP contribution in [-0.4, -0.2) is 65.2 Å². The third-order valence-electron chi connectivity index (χ3n) is 6.90. The maximum absolute atomic E-state index is 11.8. The van der Waals surface area contributed by atoms with Crippen molar-refractivity contribution < 1.29 is 34.4 Å². The monoisotopic (exact) mass is 586 g/mol. The van der Waals surface area contributed by atoms with Gasteiger partial charge in [0.15, 0.2) is 5.78 Å². The zero-order chi connectivity index (χ0) is 28.3. The summed E-state index contributed by atoms with van der Waals surface area (Å²) >= 11 is 5.49. The van der Waals surface area contributed by atoms with Gasteiger partial charge < -0.3 is 20.1 Å². The number of hydrogen-bond donors (Lipinski definition) is 3. The van der Waals surface area contributed by atoms with Crippen LogP contribution in [0.5, 0.6) is 11.5 Å². The molecule has 1 heterocycles. The van der Waals surface area contributed by atoms with Gasteiger partial charge in [0.1, 0.15) is 11.5 Å². The SMILES string of the molecule is CCCc1c(OCCCSCC2(CC)SC(CCC(=O)O)(CCC(=O)O)SC2CC)ccc(C(C)=O)c1O. The number of rotatable bonds is 18. The zero-order valence-electron chi connectivity index (χ0n) is 22.9. The number of Topliss-reactive ketones (excluding diaryl/α,β-unsaturated/α-hetero) is 1. The molecule has 2 unspecified atom stereocenters. The largest absolute Gasteiger partial charge is 0.507 e. The van der Waals surface area contributed by atoms with Gasteiger partial charge in [-0.05, 0) is 63.3 Å². The Kier molecular flexibility index (Phi) is 13.2. The van der Waals surface area contributed by atoms with E-state index in [2.05, 4.69) is 13.8 Å². The fourth-order valence-electron chi connectivity index (χ4n) is 4.86. The number of aromatic hydroxyl groups is 1. The molecule has 3 N–H and O–H groups in total. The molecule has 0 spiro atoms. The van der Waals surface area contributed by atoms with E-state index < -0.39 is 11.9 Å². The molecule has 1 aliphatic heterocycles. The summed E-state index contributed by atoms with van der Waals surface area (Å²) < 4.78 is 5.58. The lowest BCUT2D eigenvalue weighted by Gasteiger charge is -2.34. The highest BCUT2D eigenvalue weighted by Crippen LogP contribution is 2.64. The first-order valence-corrected chi connectivity index (χ1v) is 16.3. The highest BCUT2D eigenvalue weighted by atomic mass is 32.2. The molecule has 1 aromatic carbocycles. The summed E-state index contributed by atoms with van der Waals surface area (Å²) in [5.74, 6) is 0.590. The number of ether oxygens (including phenoxy) is 1. The van der Waals surface area contributed by atoms with Gasteiger partial charge in [-0.15, -0.1) is 23.5 Å². The van der Waals surface area contributed by atoms with E-state index in [0.717, 1.165) is 37.2 Å². The van der Waals surface area contributed by atoms with E-state index in [4.69, 9.17) is 4.74 Å². The van der Waals surface area contributed by atoms with Crippen molar-refractivity contribution >= 4 is 53.0 Å². The van der Waals surface area contributed by atoms with Crippen LogP contribution >= 0.6 is 35.3 Å². The summed E-state index contributed by atoms with van der Waals surface area (Å²) in [6, 6.07) is 3.39. The van der Waals surface area contributed by atoms with Crippen molar-refractivity contribution in [2.75, 3.05) is 18.1 Å². The van der Waals surface area contributed by atoms with Crippen LogP contribution < -0.4 is 4.74 Å².